The largest absolute Gasteiger partial charge is 0.384 e. The quantitative estimate of drug-likeness (QED) is 0.681. The average molecular weight is 194 g/mol. The predicted octanol–water partition coefficient (Wildman–Crippen LogP) is 2.12. The van der Waals surface area contributed by atoms with E-state index in [2.05, 4.69) is 27.5 Å². The summed E-state index contributed by atoms with van der Waals surface area (Å²) in [6.45, 7) is 3.17. The lowest BCUT2D eigenvalue weighted by Crippen LogP contribution is -2.06. The molecule has 0 spiro atoms. The molecule has 0 saturated carbocycles. The van der Waals surface area contributed by atoms with Crippen molar-refractivity contribution in [2.24, 2.45) is 0 Å². The van der Waals surface area contributed by atoms with Gasteiger partial charge in [0.1, 0.15) is 6.33 Å². The molecular weight excluding hydrogens is 176 g/mol. The first-order valence-corrected chi connectivity index (χ1v) is 5.10. The second-order valence-electron chi connectivity index (χ2n) is 3.17. The van der Waals surface area contributed by atoms with Gasteiger partial charge in [0.15, 0.2) is 5.82 Å². The van der Waals surface area contributed by atoms with Gasteiger partial charge in [-0.2, -0.15) is 0 Å². The van der Waals surface area contributed by atoms with Gasteiger partial charge in [0.05, 0.1) is 11.9 Å². The van der Waals surface area contributed by atoms with Crippen LogP contribution in [-0.4, -0.2) is 23.6 Å². The number of aromatic nitrogens is 2. The molecule has 1 heterocycles. The van der Waals surface area contributed by atoms with Crippen molar-refractivity contribution < 1.29 is 0 Å². The molecule has 1 aromatic heterocycles. The minimum Gasteiger partial charge on any atom is -0.384 e. The Morgan fingerprint density at radius 3 is 2.93 bits per heavy atom. The minimum absolute atomic E-state index is 0.888. The highest BCUT2D eigenvalue weighted by Crippen LogP contribution is 2.15. The van der Waals surface area contributed by atoms with Gasteiger partial charge in [-0.15, -0.1) is 0 Å². The topological polar surface area (TPSA) is 49.8 Å². The number of nitrogens with one attached hydrogen (secondary N) is 2. The molecule has 0 aromatic carbocycles. The van der Waals surface area contributed by atoms with Crippen LogP contribution in [0.15, 0.2) is 12.5 Å². The number of anilines is 2. The first-order chi connectivity index (χ1) is 6.88. The fraction of sp³-hybridized carbons (Fsp3) is 0.600. The van der Waals surface area contributed by atoms with E-state index in [0.29, 0.717) is 0 Å². The summed E-state index contributed by atoms with van der Waals surface area (Å²) in [5, 5.41) is 6.33. The first kappa shape index (κ1) is 10.8. The summed E-state index contributed by atoms with van der Waals surface area (Å²) in [6, 6.07) is 0. The molecule has 0 amide bonds. The second kappa shape index (κ2) is 6.18. The molecule has 2 N–H and O–H groups in total. The molecule has 0 radical (unpaired) electrons. The van der Waals surface area contributed by atoms with E-state index in [0.717, 1.165) is 18.1 Å². The summed E-state index contributed by atoms with van der Waals surface area (Å²) < 4.78 is 0. The molecule has 0 aliphatic heterocycles. The summed E-state index contributed by atoms with van der Waals surface area (Å²) >= 11 is 0. The highest BCUT2D eigenvalue weighted by Gasteiger charge is 1.99. The molecule has 0 saturated heterocycles. The van der Waals surface area contributed by atoms with Crippen LogP contribution in [0.25, 0.3) is 0 Å². The molecule has 0 aliphatic rings. The number of rotatable bonds is 6. The third-order valence-electron chi connectivity index (χ3n) is 2.05. The van der Waals surface area contributed by atoms with E-state index in [9.17, 15) is 0 Å². The molecule has 0 bridgehead atoms. The number of hydrogen-bond donors (Lipinski definition) is 2. The Kier molecular flexibility index (Phi) is 4.75. The lowest BCUT2D eigenvalue weighted by molar-refractivity contribution is 0.742. The average Bonchev–Trinajstić information content (AvgIpc) is 2.25. The molecule has 4 heteroatoms. The van der Waals surface area contributed by atoms with Crippen molar-refractivity contribution in [3.63, 3.8) is 0 Å². The van der Waals surface area contributed by atoms with Gasteiger partial charge >= 0.3 is 0 Å². The third-order valence-corrected chi connectivity index (χ3v) is 2.05. The van der Waals surface area contributed by atoms with Gasteiger partial charge in [-0.25, -0.2) is 9.97 Å². The minimum atomic E-state index is 0.888. The van der Waals surface area contributed by atoms with Crippen molar-refractivity contribution in [1.82, 2.24) is 9.97 Å². The van der Waals surface area contributed by atoms with E-state index < -0.39 is 0 Å². The Hall–Kier alpha value is -1.32. The molecule has 0 unspecified atom stereocenters. The van der Waals surface area contributed by atoms with Gasteiger partial charge in [-0.3, -0.25) is 0 Å². The lowest BCUT2D eigenvalue weighted by atomic mass is 10.2. The molecule has 0 atom stereocenters. The van der Waals surface area contributed by atoms with Crippen LogP contribution >= 0.6 is 0 Å². The monoisotopic (exact) mass is 194 g/mol. The van der Waals surface area contributed by atoms with Gasteiger partial charge < -0.3 is 10.6 Å². The van der Waals surface area contributed by atoms with E-state index in [1.54, 1.807) is 12.5 Å². The van der Waals surface area contributed by atoms with Gasteiger partial charge in [0.25, 0.3) is 0 Å². The van der Waals surface area contributed by atoms with Crippen LogP contribution in [-0.2, 0) is 0 Å². The fourth-order valence-electron chi connectivity index (χ4n) is 1.24. The molecule has 4 nitrogen and oxygen atoms in total. The molecule has 1 rings (SSSR count). The maximum atomic E-state index is 4.16. The highest BCUT2D eigenvalue weighted by atomic mass is 15.1. The molecule has 0 fully saturated rings. The highest BCUT2D eigenvalue weighted by molar-refractivity contribution is 5.62. The Bertz CT molecular complexity index is 262. The summed E-state index contributed by atoms with van der Waals surface area (Å²) in [4.78, 5) is 8.11. The van der Waals surface area contributed by atoms with E-state index in [1.807, 2.05) is 7.05 Å². The van der Waals surface area contributed by atoms with Gasteiger partial charge in [-0.1, -0.05) is 19.8 Å². The van der Waals surface area contributed by atoms with E-state index in [1.165, 1.54) is 19.3 Å². The van der Waals surface area contributed by atoms with Crippen LogP contribution in [0.5, 0.6) is 0 Å². The van der Waals surface area contributed by atoms with E-state index in [4.69, 9.17) is 0 Å². The Balaban J connectivity index is 2.41. The summed E-state index contributed by atoms with van der Waals surface area (Å²) in [5.74, 6) is 0.888. The number of nitrogens with zero attached hydrogens (tertiary/aromatic N) is 2. The van der Waals surface area contributed by atoms with E-state index >= 15 is 0 Å². The zero-order valence-corrected chi connectivity index (χ0v) is 8.88. The third kappa shape index (κ3) is 3.20. The fourth-order valence-corrected chi connectivity index (χ4v) is 1.24. The standard InChI is InChI=1S/C10H18N4/c1-3-4-5-6-13-10-9(11-2)7-12-8-14-10/h7-8,11H,3-6H2,1-2H3,(H,12,13,14). The maximum Gasteiger partial charge on any atom is 0.152 e. The van der Waals surface area contributed by atoms with Crippen LogP contribution in [0, 0.1) is 0 Å². The zero-order chi connectivity index (χ0) is 10.2. The lowest BCUT2D eigenvalue weighted by Gasteiger charge is -2.08. The Morgan fingerprint density at radius 1 is 1.36 bits per heavy atom. The molecular formula is C10H18N4. The summed E-state index contributed by atoms with van der Waals surface area (Å²) in [5.41, 5.74) is 0.948. The van der Waals surface area contributed by atoms with Gasteiger partial charge in [0.2, 0.25) is 0 Å². The van der Waals surface area contributed by atoms with Crippen molar-refractivity contribution in [1.29, 1.82) is 0 Å². The van der Waals surface area contributed by atoms with Crippen LogP contribution < -0.4 is 10.6 Å². The van der Waals surface area contributed by atoms with Gasteiger partial charge in [0, 0.05) is 13.6 Å². The smallest absolute Gasteiger partial charge is 0.152 e. The SMILES string of the molecule is CCCCCNc1ncncc1NC. The first-order valence-electron chi connectivity index (χ1n) is 5.10. The van der Waals surface area contributed by atoms with Crippen molar-refractivity contribution >= 4 is 11.5 Å². The maximum absolute atomic E-state index is 4.16. The molecule has 14 heavy (non-hydrogen) atoms. The Morgan fingerprint density at radius 2 is 2.21 bits per heavy atom. The zero-order valence-electron chi connectivity index (χ0n) is 8.88. The normalized spacial score (nSPS) is 9.86. The predicted molar refractivity (Wildman–Crippen MR) is 59.6 cm³/mol. The van der Waals surface area contributed by atoms with Crippen LogP contribution in [0.4, 0.5) is 11.5 Å². The van der Waals surface area contributed by atoms with Crippen molar-refractivity contribution in [2.75, 3.05) is 24.2 Å². The summed E-state index contributed by atoms with van der Waals surface area (Å²) in [6.07, 6.45) is 7.01. The van der Waals surface area contributed by atoms with Crippen molar-refractivity contribution in [3.05, 3.63) is 12.5 Å². The van der Waals surface area contributed by atoms with Crippen LogP contribution in [0.1, 0.15) is 26.2 Å². The van der Waals surface area contributed by atoms with Crippen molar-refractivity contribution in [2.45, 2.75) is 26.2 Å². The van der Waals surface area contributed by atoms with Crippen LogP contribution in [0.3, 0.4) is 0 Å². The van der Waals surface area contributed by atoms with Crippen molar-refractivity contribution in [3.8, 4) is 0 Å². The number of unbranched alkanes of at least 4 members (excludes halogenated alkanes) is 2. The molecule has 0 aliphatic carbocycles. The molecule has 78 valence electrons. The summed E-state index contributed by atoms with van der Waals surface area (Å²) in [7, 11) is 1.87. The second-order valence-corrected chi connectivity index (χ2v) is 3.17. The van der Waals surface area contributed by atoms with E-state index in [-0.39, 0.29) is 0 Å². The molecule has 1 aromatic rings. The van der Waals surface area contributed by atoms with Crippen LogP contribution in [0.2, 0.25) is 0 Å². The number of hydrogen-bond acceptors (Lipinski definition) is 4. The Labute approximate surface area is 85.2 Å². The van der Waals surface area contributed by atoms with Gasteiger partial charge in [-0.05, 0) is 6.42 Å².